The first-order chi connectivity index (χ1) is 10.5. The molecule has 2 N–H and O–H groups in total. The normalized spacial score (nSPS) is 25.9. The lowest BCUT2D eigenvalue weighted by Crippen LogP contribution is -2.46. The summed E-state index contributed by atoms with van der Waals surface area (Å²) in [5, 5.41) is 11.8. The topological polar surface area (TPSA) is 86.7 Å². The van der Waals surface area contributed by atoms with Gasteiger partial charge in [0.1, 0.15) is 11.5 Å². The molecule has 2 unspecified atom stereocenters. The largest absolute Gasteiger partial charge is 0.480 e. The number of hydrogen-bond acceptors (Lipinski definition) is 3. The number of aliphatic carboxylic acids is 1. The zero-order valence-corrected chi connectivity index (χ0v) is 12.3. The molecule has 2 amide bonds. The highest BCUT2D eigenvalue weighted by Gasteiger charge is 2.58. The summed E-state index contributed by atoms with van der Waals surface area (Å²) in [7, 11) is 0. The molecule has 1 heterocycles. The molecule has 2 fully saturated rings. The molecule has 1 saturated carbocycles. The summed E-state index contributed by atoms with van der Waals surface area (Å²) in [5.41, 5.74) is -0.528. The summed E-state index contributed by atoms with van der Waals surface area (Å²) in [6.45, 7) is 1.92. The van der Waals surface area contributed by atoms with E-state index in [-0.39, 0.29) is 11.9 Å². The molecule has 2 aliphatic rings. The van der Waals surface area contributed by atoms with Gasteiger partial charge in [0.25, 0.3) is 0 Å². The summed E-state index contributed by atoms with van der Waals surface area (Å²) >= 11 is 0. The molecule has 116 valence electrons. The van der Waals surface area contributed by atoms with Crippen molar-refractivity contribution < 1.29 is 19.5 Å². The Morgan fingerprint density at radius 2 is 1.91 bits per heavy atom. The van der Waals surface area contributed by atoms with E-state index in [1.807, 2.05) is 37.3 Å². The van der Waals surface area contributed by atoms with Crippen molar-refractivity contribution >= 4 is 23.5 Å². The summed E-state index contributed by atoms with van der Waals surface area (Å²) < 4.78 is 0. The quantitative estimate of drug-likeness (QED) is 0.817. The van der Waals surface area contributed by atoms with Crippen molar-refractivity contribution in [1.29, 1.82) is 0 Å². The minimum atomic E-state index is -1.32. The van der Waals surface area contributed by atoms with Crippen molar-refractivity contribution in [3.8, 4) is 0 Å². The van der Waals surface area contributed by atoms with Crippen LogP contribution in [0.1, 0.15) is 26.2 Å². The van der Waals surface area contributed by atoms with Crippen LogP contribution in [0.15, 0.2) is 30.3 Å². The van der Waals surface area contributed by atoms with Crippen molar-refractivity contribution in [1.82, 2.24) is 5.32 Å². The van der Waals surface area contributed by atoms with Gasteiger partial charge in [0.15, 0.2) is 0 Å². The number of amides is 2. The second-order valence-corrected chi connectivity index (χ2v) is 6.04. The van der Waals surface area contributed by atoms with E-state index in [4.69, 9.17) is 5.11 Å². The number of nitrogens with one attached hydrogen (secondary N) is 1. The van der Waals surface area contributed by atoms with E-state index in [1.54, 1.807) is 4.90 Å². The number of carbonyl (C=O) groups excluding carboxylic acids is 2. The predicted molar refractivity (Wildman–Crippen MR) is 79.2 cm³/mol. The number of hydrogen-bond donors (Lipinski definition) is 2. The smallest absolute Gasteiger partial charge is 0.319 e. The number of nitrogens with zero attached hydrogens (tertiary/aromatic N) is 1. The summed E-state index contributed by atoms with van der Waals surface area (Å²) in [6.07, 6.45) is 1.16. The molecule has 1 aromatic carbocycles. The van der Waals surface area contributed by atoms with Crippen molar-refractivity contribution in [3.63, 3.8) is 0 Å². The van der Waals surface area contributed by atoms with E-state index < -0.39 is 23.3 Å². The second kappa shape index (κ2) is 5.12. The Bertz CT molecular complexity index is 624. The Morgan fingerprint density at radius 3 is 2.45 bits per heavy atom. The maximum absolute atomic E-state index is 12.5. The van der Waals surface area contributed by atoms with Gasteiger partial charge < -0.3 is 15.3 Å². The predicted octanol–water partition coefficient (Wildman–Crippen LogP) is 1.16. The van der Waals surface area contributed by atoms with Crippen LogP contribution in [0.5, 0.6) is 0 Å². The zero-order chi connectivity index (χ0) is 15.9. The molecule has 2 atom stereocenters. The fraction of sp³-hybridized carbons (Fsp3) is 0.438. The highest BCUT2D eigenvalue weighted by molar-refractivity contribution is 6.08. The van der Waals surface area contributed by atoms with Gasteiger partial charge in [-0.15, -0.1) is 0 Å². The van der Waals surface area contributed by atoms with Gasteiger partial charge in [-0.1, -0.05) is 18.2 Å². The standard InChI is InChI=1S/C16H18N2O4/c1-10-9-12(17-14(20)16(7-8-16)15(21)22)13(19)18(10)11-5-3-2-4-6-11/h2-6,10,12H,7-9H2,1H3,(H,17,20)(H,21,22). The Kier molecular flexibility index (Phi) is 3.39. The molecule has 0 aromatic heterocycles. The third kappa shape index (κ3) is 2.24. The van der Waals surface area contributed by atoms with Crippen molar-refractivity contribution in [2.75, 3.05) is 4.90 Å². The molecular formula is C16H18N2O4. The monoisotopic (exact) mass is 302 g/mol. The first kappa shape index (κ1) is 14.6. The molecule has 0 bridgehead atoms. The van der Waals surface area contributed by atoms with E-state index >= 15 is 0 Å². The lowest BCUT2D eigenvalue weighted by molar-refractivity contribution is -0.149. The maximum atomic E-state index is 12.5. The Hall–Kier alpha value is -2.37. The van der Waals surface area contributed by atoms with Gasteiger partial charge in [-0.2, -0.15) is 0 Å². The van der Waals surface area contributed by atoms with E-state index in [0.29, 0.717) is 19.3 Å². The third-order valence-corrected chi connectivity index (χ3v) is 4.49. The van der Waals surface area contributed by atoms with Crippen LogP contribution in [0.2, 0.25) is 0 Å². The third-order valence-electron chi connectivity index (χ3n) is 4.49. The van der Waals surface area contributed by atoms with E-state index in [2.05, 4.69) is 5.32 Å². The van der Waals surface area contributed by atoms with Gasteiger partial charge in [0.05, 0.1) is 0 Å². The minimum Gasteiger partial charge on any atom is -0.480 e. The highest BCUT2D eigenvalue weighted by Crippen LogP contribution is 2.46. The van der Waals surface area contributed by atoms with Crippen molar-refractivity contribution in [3.05, 3.63) is 30.3 Å². The molecule has 1 saturated heterocycles. The summed E-state index contributed by atoms with van der Waals surface area (Å²) in [6, 6.07) is 8.57. The van der Waals surface area contributed by atoms with Gasteiger partial charge in [-0.3, -0.25) is 14.4 Å². The van der Waals surface area contributed by atoms with Crippen molar-refractivity contribution in [2.45, 2.75) is 38.3 Å². The number of carbonyl (C=O) groups is 3. The number of rotatable bonds is 4. The van der Waals surface area contributed by atoms with Crippen LogP contribution in [0, 0.1) is 5.41 Å². The second-order valence-electron chi connectivity index (χ2n) is 6.04. The van der Waals surface area contributed by atoms with Crippen LogP contribution in [0.4, 0.5) is 5.69 Å². The fourth-order valence-corrected chi connectivity index (χ4v) is 2.98. The van der Waals surface area contributed by atoms with Gasteiger partial charge >= 0.3 is 5.97 Å². The van der Waals surface area contributed by atoms with Gasteiger partial charge in [-0.05, 0) is 38.3 Å². The first-order valence-corrected chi connectivity index (χ1v) is 7.38. The summed E-state index contributed by atoms with van der Waals surface area (Å²) in [4.78, 5) is 37.5. The fourth-order valence-electron chi connectivity index (χ4n) is 2.98. The zero-order valence-electron chi connectivity index (χ0n) is 12.3. The Labute approximate surface area is 128 Å². The van der Waals surface area contributed by atoms with E-state index in [0.717, 1.165) is 5.69 Å². The average molecular weight is 302 g/mol. The molecule has 1 aliphatic carbocycles. The number of carboxylic acids is 1. The van der Waals surface area contributed by atoms with Crippen LogP contribution in [0.25, 0.3) is 0 Å². The van der Waals surface area contributed by atoms with Gasteiger partial charge in [-0.25, -0.2) is 0 Å². The molecule has 6 nitrogen and oxygen atoms in total. The summed E-state index contributed by atoms with van der Waals surface area (Å²) in [5.74, 6) is -1.84. The SMILES string of the molecule is CC1CC(NC(=O)C2(C(=O)O)CC2)C(=O)N1c1ccccc1. The lowest BCUT2D eigenvalue weighted by Gasteiger charge is -2.21. The highest BCUT2D eigenvalue weighted by atomic mass is 16.4. The van der Waals surface area contributed by atoms with Gasteiger partial charge in [0.2, 0.25) is 11.8 Å². The van der Waals surface area contributed by atoms with Crippen molar-refractivity contribution in [2.24, 2.45) is 5.41 Å². The molecule has 0 spiro atoms. The molecule has 3 rings (SSSR count). The Morgan fingerprint density at radius 1 is 1.27 bits per heavy atom. The molecule has 1 aromatic rings. The number of benzene rings is 1. The van der Waals surface area contributed by atoms with Gasteiger partial charge in [0, 0.05) is 11.7 Å². The van der Waals surface area contributed by atoms with Crippen LogP contribution in [-0.2, 0) is 14.4 Å². The molecule has 22 heavy (non-hydrogen) atoms. The average Bonchev–Trinajstić information content (AvgIpc) is 3.25. The van der Waals surface area contributed by atoms with Crippen LogP contribution in [-0.4, -0.2) is 35.0 Å². The van der Waals surface area contributed by atoms with E-state index in [1.165, 1.54) is 0 Å². The molecular weight excluding hydrogens is 284 g/mol. The minimum absolute atomic E-state index is 0.0415. The van der Waals surface area contributed by atoms with Crippen LogP contribution in [0.3, 0.4) is 0 Å². The number of carboxylic acid groups (broad SMARTS) is 1. The molecule has 6 heteroatoms. The molecule has 0 radical (unpaired) electrons. The van der Waals surface area contributed by atoms with Crippen LogP contribution >= 0.6 is 0 Å². The first-order valence-electron chi connectivity index (χ1n) is 7.38. The Balaban J connectivity index is 1.73. The molecule has 1 aliphatic heterocycles. The van der Waals surface area contributed by atoms with Crippen LogP contribution < -0.4 is 10.2 Å². The number of anilines is 1. The maximum Gasteiger partial charge on any atom is 0.319 e. The van der Waals surface area contributed by atoms with E-state index in [9.17, 15) is 14.4 Å². The lowest BCUT2D eigenvalue weighted by atomic mass is 10.1. The number of para-hydroxylation sites is 1.